The summed E-state index contributed by atoms with van der Waals surface area (Å²) in [5, 5.41) is 6.43. The zero-order chi connectivity index (χ0) is 18.8. The van der Waals surface area contributed by atoms with Gasteiger partial charge in [0, 0.05) is 47.4 Å². The normalized spacial score (nSPS) is 17.4. The highest BCUT2D eigenvalue weighted by Gasteiger charge is 2.14. The summed E-state index contributed by atoms with van der Waals surface area (Å²) in [6.07, 6.45) is 3.40. The standard InChI is InChI=1S/C19H31FN4O2/c1-21-19(22-9-5-10-25-14-16-6-4-11-26-16)23-13-15-7-8-18(24(2)3)17(20)12-15/h7-8,12,16H,4-6,9-11,13-14H2,1-3H3,(H2,21,22,23). The first-order chi connectivity index (χ1) is 12.6. The molecule has 1 fully saturated rings. The van der Waals surface area contributed by atoms with Crippen molar-refractivity contribution in [3.8, 4) is 0 Å². The molecule has 0 bridgehead atoms. The molecule has 2 rings (SSSR count). The van der Waals surface area contributed by atoms with Crippen LogP contribution in [0.4, 0.5) is 10.1 Å². The van der Waals surface area contributed by atoms with Gasteiger partial charge in [-0.05, 0) is 37.0 Å². The van der Waals surface area contributed by atoms with Crippen molar-refractivity contribution < 1.29 is 13.9 Å². The zero-order valence-electron chi connectivity index (χ0n) is 16.1. The molecule has 0 aromatic heterocycles. The molecule has 1 aromatic rings. The predicted octanol–water partition coefficient (Wildman–Crippen LogP) is 2.14. The summed E-state index contributed by atoms with van der Waals surface area (Å²) in [6, 6.07) is 5.25. The zero-order valence-corrected chi connectivity index (χ0v) is 16.1. The summed E-state index contributed by atoms with van der Waals surface area (Å²) < 4.78 is 25.2. The van der Waals surface area contributed by atoms with Crippen LogP contribution in [-0.4, -0.2) is 59.6 Å². The molecule has 26 heavy (non-hydrogen) atoms. The molecule has 1 aliphatic rings. The van der Waals surface area contributed by atoms with Crippen molar-refractivity contribution in [1.82, 2.24) is 10.6 Å². The molecule has 2 N–H and O–H groups in total. The maximum Gasteiger partial charge on any atom is 0.191 e. The number of benzene rings is 1. The molecule has 1 heterocycles. The first kappa shape index (κ1) is 20.5. The Bertz CT molecular complexity index is 575. The first-order valence-electron chi connectivity index (χ1n) is 9.19. The van der Waals surface area contributed by atoms with Gasteiger partial charge in [0.05, 0.1) is 18.4 Å². The van der Waals surface area contributed by atoms with Gasteiger partial charge in [0.1, 0.15) is 5.82 Å². The van der Waals surface area contributed by atoms with E-state index in [2.05, 4.69) is 15.6 Å². The highest BCUT2D eigenvalue weighted by molar-refractivity contribution is 5.79. The van der Waals surface area contributed by atoms with Crippen LogP contribution >= 0.6 is 0 Å². The van der Waals surface area contributed by atoms with Crippen molar-refractivity contribution in [2.24, 2.45) is 4.99 Å². The summed E-state index contributed by atoms with van der Waals surface area (Å²) in [6.45, 7) is 3.51. The molecule has 0 aliphatic carbocycles. The highest BCUT2D eigenvalue weighted by Crippen LogP contribution is 2.18. The molecule has 1 aromatic carbocycles. The molecule has 0 radical (unpaired) electrons. The number of nitrogens with zero attached hydrogens (tertiary/aromatic N) is 2. The summed E-state index contributed by atoms with van der Waals surface area (Å²) >= 11 is 0. The van der Waals surface area contributed by atoms with Crippen molar-refractivity contribution in [3.05, 3.63) is 29.6 Å². The van der Waals surface area contributed by atoms with Crippen LogP contribution in [0.15, 0.2) is 23.2 Å². The monoisotopic (exact) mass is 366 g/mol. The van der Waals surface area contributed by atoms with Gasteiger partial charge in [-0.25, -0.2) is 4.39 Å². The first-order valence-corrected chi connectivity index (χ1v) is 9.19. The fourth-order valence-electron chi connectivity index (χ4n) is 2.80. The Morgan fingerprint density at radius 2 is 2.23 bits per heavy atom. The second-order valence-electron chi connectivity index (χ2n) is 6.60. The molecule has 1 aliphatic heterocycles. The molecular formula is C19H31FN4O2. The van der Waals surface area contributed by atoms with Gasteiger partial charge >= 0.3 is 0 Å². The van der Waals surface area contributed by atoms with Gasteiger partial charge in [-0.1, -0.05) is 6.07 Å². The topological polar surface area (TPSA) is 58.1 Å². The predicted molar refractivity (Wildman–Crippen MR) is 103 cm³/mol. The number of aliphatic imine (C=N–C) groups is 1. The molecule has 1 saturated heterocycles. The Hall–Kier alpha value is -1.86. The molecule has 7 heteroatoms. The number of hydrogen-bond acceptors (Lipinski definition) is 4. The Morgan fingerprint density at radius 1 is 1.38 bits per heavy atom. The van der Waals surface area contributed by atoms with Crippen LogP contribution in [-0.2, 0) is 16.0 Å². The maximum atomic E-state index is 14.0. The lowest BCUT2D eigenvalue weighted by Gasteiger charge is -2.15. The number of guanidine groups is 1. The third-order valence-electron chi connectivity index (χ3n) is 4.26. The number of halogens is 1. The fourth-order valence-corrected chi connectivity index (χ4v) is 2.80. The minimum Gasteiger partial charge on any atom is -0.379 e. The highest BCUT2D eigenvalue weighted by atomic mass is 19.1. The van der Waals surface area contributed by atoms with Gasteiger partial charge in [0.25, 0.3) is 0 Å². The van der Waals surface area contributed by atoms with E-state index in [0.29, 0.717) is 31.4 Å². The lowest BCUT2D eigenvalue weighted by molar-refractivity contribution is 0.0168. The Labute approximate surface area is 155 Å². The third-order valence-corrected chi connectivity index (χ3v) is 4.26. The minimum absolute atomic E-state index is 0.222. The molecule has 0 spiro atoms. The molecule has 0 amide bonds. The van der Waals surface area contributed by atoms with Gasteiger partial charge in [-0.15, -0.1) is 0 Å². The van der Waals surface area contributed by atoms with Gasteiger partial charge in [-0.3, -0.25) is 4.99 Å². The van der Waals surface area contributed by atoms with Crippen LogP contribution < -0.4 is 15.5 Å². The molecule has 0 saturated carbocycles. The van der Waals surface area contributed by atoms with E-state index >= 15 is 0 Å². The van der Waals surface area contributed by atoms with Crippen LogP contribution in [0.3, 0.4) is 0 Å². The molecule has 146 valence electrons. The molecule has 1 atom stereocenters. The van der Waals surface area contributed by atoms with E-state index in [0.717, 1.165) is 38.0 Å². The summed E-state index contributed by atoms with van der Waals surface area (Å²) in [4.78, 5) is 5.94. The van der Waals surface area contributed by atoms with Crippen molar-refractivity contribution in [2.45, 2.75) is 31.9 Å². The van der Waals surface area contributed by atoms with E-state index < -0.39 is 0 Å². The number of rotatable bonds is 9. The van der Waals surface area contributed by atoms with Crippen LogP contribution in [0.5, 0.6) is 0 Å². The lowest BCUT2D eigenvalue weighted by Crippen LogP contribution is -2.37. The van der Waals surface area contributed by atoms with Crippen molar-refractivity contribution >= 4 is 11.6 Å². The van der Waals surface area contributed by atoms with E-state index in [9.17, 15) is 4.39 Å². The summed E-state index contributed by atoms with van der Waals surface area (Å²) in [5.41, 5.74) is 1.45. The average Bonchev–Trinajstić information content (AvgIpc) is 3.13. The number of hydrogen-bond donors (Lipinski definition) is 2. The Kier molecular flexibility index (Phi) is 8.64. The average molecular weight is 366 g/mol. The smallest absolute Gasteiger partial charge is 0.191 e. The van der Waals surface area contributed by atoms with Crippen molar-refractivity contribution in [1.29, 1.82) is 0 Å². The van der Waals surface area contributed by atoms with E-state index in [1.54, 1.807) is 24.1 Å². The number of nitrogens with one attached hydrogen (secondary N) is 2. The molecular weight excluding hydrogens is 335 g/mol. The second-order valence-corrected chi connectivity index (χ2v) is 6.60. The van der Waals surface area contributed by atoms with Crippen LogP contribution in [0, 0.1) is 5.82 Å². The molecule has 6 nitrogen and oxygen atoms in total. The van der Waals surface area contributed by atoms with Gasteiger partial charge in [0.2, 0.25) is 0 Å². The lowest BCUT2D eigenvalue weighted by atomic mass is 10.2. The van der Waals surface area contributed by atoms with E-state index in [1.807, 2.05) is 20.2 Å². The summed E-state index contributed by atoms with van der Waals surface area (Å²) in [7, 11) is 5.37. The Morgan fingerprint density at radius 3 is 2.88 bits per heavy atom. The largest absolute Gasteiger partial charge is 0.379 e. The fraction of sp³-hybridized carbons (Fsp3) is 0.632. The van der Waals surface area contributed by atoms with E-state index in [4.69, 9.17) is 9.47 Å². The summed E-state index contributed by atoms with van der Waals surface area (Å²) in [5.74, 6) is 0.474. The van der Waals surface area contributed by atoms with E-state index in [1.165, 1.54) is 0 Å². The van der Waals surface area contributed by atoms with E-state index in [-0.39, 0.29) is 11.9 Å². The second kappa shape index (κ2) is 11.0. The van der Waals surface area contributed by atoms with Crippen LogP contribution in [0.2, 0.25) is 0 Å². The quantitative estimate of drug-likeness (QED) is 0.398. The third kappa shape index (κ3) is 6.80. The molecule has 1 unspecified atom stereocenters. The minimum atomic E-state index is -0.222. The SMILES string of the molecule is CN=C(NCCCOCC1CCCO1)NCc1ccc(N(C)C)c(F)c1. The van der Waals surface area contributed by atoms with Crippen LogP contribution in [0.25, 0.3) is 0 Å². The van der Waals surface area contributed by atoms with Gasteiger partial charge < -0.3 is 25.0 Å². The Balaban J connectivity index is 1.62. The van der Waals surface area contributed by atoms with Crippen molar-refractivity contribution in [3.63, 3.8) is 0 Å². The number of ether oxygens (including phenoxy) is 2. The van der Waals surface area contributed by atoms with Gasteiger partial charge in [-0.2, -0.15) is 0 Å². The number of anilines is 1. The van der Waals surface area contributed by atoms with Crippen molar-refractivity contribution in [2.75, 3.05) is 52.4 Å². The van der Waals surface area contributed by atoms with Crippen LogP contribution in [0.1, 0.15) is 24.8 Å². The van der Waals surface area contributed by atoms with Gasteiger partial charge in [0.15, 0.2) is 5.96 Å². The maximum absolute atomic E-state index is 14.0.